The zero-order valence-corrected chi connectivity index (χ0v) is 20.3. The maximum absolute atomic E-state index is 12.4. The van der Waals surface area contributed by atoms with Gasteiger partial charge in [-0.05, 0) is 50.5 Å². The van der Waals surface area contributed by atoms with E-state index in [4.69, 9.17) is 0 Å². The predicted molar refractivity (Wildman–Crippen MR) is 131 cm³/mol. The van der Waals surface area contributed by atoms with Gasteiger partial charge in [0.05, 0.1) is 11.1 Å². The van der Waals surface area contributed by atoms with Crippen molar-refractivity contribution in [1.29, 1.82) is 0 Å². The van der Waals surface area contributed by atoms with Crippen LogP contribution in [0.2, 0.25) is 0 Å². The van der Waals surface area contributed by atoms with Crippen LogP contribution in [0.5, 0.6) is 0 Å². The summed E-state index contributed by atoms with van der Waals surface area (Å²) in [5.41, 5.74) is 1.04. The highest BCUT2D eigenvalue weighted by Gasteiger charge is 2.34. The van der Waals surface area contributed by atoms with Crippen LogP contribution in [0.3, 0.4) is 0 Å². The Hall–Kier alpha value is -1.29. The Morgan fingerprint density at radius 1 is 1.17 bits per heavy atom. The molecule has 6 nitrogen and oxygen atoms in total. The van der Waals surface area contributed by atoms with Crippen molar-refractivity contribution in [2.24, 2.45) is 4.99 Å². The van der Waals surface area contributed by atoms with Gasteiger partial charge in [0.1, 0.15) is 0 Å². The average molecular weight is 530 g/mol. The number of hydrogen-bond acceptors (Lipinski definition) is 4. The van der Waals surface area contributed by atoms with E-state index >= 15 is 0 Å². The minimum Gasteiger partial charge on any atom is -0.356 e. The summed E-state index contributed by atoms with van der Waals surface area (Å²) in [4.78, 5) is 30.4. The number of amides is 2. The molecule has 1 fully saturated rings. The zero-order chi connectivity index (χ0) is 19.9. The number of benzene rings is 1. The second-order valence-corrected chi connectivity index (χ2v) is 8.52. The molecule has 29 heavy (non-hydrogen) atoms. The van der Waals surface area contributed by atoms with Crippen LogP contribution in [0.15, 0.2) is 29.3 Å². The van der Waals surface area contributed by atoms with Gasteiger partial charge >= 0.3 is 0 Å². The summed E-state index contributed by atoms with van der Waals surface area (Å²) < 4.78 is 0. The van der Waals surface area contributed by atoms with Gasteiger partial charge in [-0.3, -0.25) is 19.5 Å². The Labute approximate surface area is 194 Å². The fourth-order valence-corrected chi connectivity index (χ4v) is 4.75. The number of thioether (sulfide) groups is 1. The summed E-state index contributed by atoms with van der Waals surface area (Å²) in [6, 6.07) is 7.52. The van der Waals surface area contributed by atoms with Crippen molar-refractivity contribution in [1.82, 2.24) is 15.5 Å². The molecular weight excluding hydrogens is 499 g/mol. The van der Waals surface area contributed by atoms with Gasteiger partial charge in [0.2, 0.25) is 0 Å². The number of nitrogens with one attached hydrogen (secondary N) is 2. The van der Waals surface area contributed by atoms with Crippen molar-refractivity contribution in [3.8, 4) is 0 Å². The third-order valence-corrected chi connectivity index (χ3v) is 6.60. The summed E-state index contributed by atoms with van der Waals surface area (Å²) in [6.45, 7) is 1.22. The fourth-order valence-electron chi connectivity index (χ4n) is 3.92. The van der Waals surface area contributed by atoms with E-state index < -0.39 is 0 Å². The number of carbonyl (C=O) groups excluding carboxylic acids is 2. The molecule has 0 bridgehead atoms. The molecule has 0 spiro atoms. The Balaban J connectivity index is 0.00000300. The van der Waals surface area contributed by atoms with Gasteiger partial charge in [0.25, 0.3) is 11.8 Å². The van der Waals surface area contributed by atoms with Crippen LogP contribution in [-0.4, -0.2) is 60.4 Å². The van der Waals surface area contributed by atoms with Crippen LogP contribution >= 0.6 is 35.7 Å². The third-order valence-electron chi connectivity index (χ3n) is 5.50. The van der Waals surface area contributed by atoms with Crippen LogP contribution < -0.4 is 10.6 Å². The number of unbranched alkanes of at least 4 members (excludes halogenated alkanes) is 1. The lowest BCUT2D eigenvalue weighted by Crippen LogP contribution is -2.46. The van der Waals surface area contributed by atoms with Crippen molar-refractivity contribution in [3.05, 3.63) is 35.4 Å². The van der Waals surface area contributed by atoms with Gasteiger partial charge in [-0.1, -0.05) is 18.6 Å². The molecule has 3 rings (SSSR count). The number of nitrogens with zero attached hydrogens (tertiary/aromatic N) is 2. The maximum Gasteiger partial charge on any atom is 0.261 e. The minimum absolute atomic E-state index is 0. The van der Waals surface area contributed by atoms with Crippen molar-refractivity contribution in [2.75, 3.05) is 26.4 Å². The van der Waals surface area contributed by atoms with E-state index in [1.54, 1.807) is 31.3 Å². The molecule has 0 radical (unpaired) electrons. The molecule has 2 aliphatic rings. The zero-order valence-electron chi connectivity index (χ0n) is 17.1. The summed E-state index contributed by atoms with van der Waals surface area (Å²) in [6.07, 6.45) is 8.77. The number of hydrogen-bond donors (Lipinski definition) is 2. The first-order valence-corrected chi connectivity index (χ1v) is 11.4. The molecule has 2 atom stereocenters. The quantitative estimate of drug-likeness (QED) is 0.186. The summed E-state index contributed by atoms with van der Waals surface area (Å²) in [7, 11) is 1.79. The highest BCUT2D eigenvalue weighted by molar-refractivity contribution is 14.0. The molecule has 1 saturated carbocycles. The molecule has 2 N–H and O–H groups in total. The average Bonchev–Trinajstić information content (AvgIpc) is 2.97. The van der Waals surface area contributed by atoms with Crippen LogP contribution in [0, 0.1) is 0 Å². The van der Waals surface area contributed by atoms with Gasteiger partial charge < -0.3 is 10.6 Å². The van der Waals surface area contributed by atoms with Gasteiger partial charge in [0.15, 0.2) is 5.96 Å². The number of guanidine groups is 1. The molecule has 2 amide bonds. The Bertz CT molecular complexity index is 708. The Morgan fingerprint density at radius 2 is 1.86 bits per heavy atom. The highest BCUT2D eigenvalue weighted by Crippen LogP contribution is 2.26. The largest absolute Gasteiger partial charge is 0.356 e. The summed E-state index contributed by atoms with van der Waals surface area (Å²) in [5, 5.41) is 7.63. The Morgan fingerprint density at radius 3 is 2.48 bits per heavy atom. The molecule has 1 aliphatic carbocycles. The molecule has 1 heterocycles. The van der Waals surface area contributed by atoms with E-state index in [0.29, 0.717) is 23.7 Å². The second kappa shape index (κ2) is 11.8. The number of aliphatic imine (C=N–C) groups is 1. The van der Waals surface area contributed by atoms with Crippen molar-refractivity contribution in [3.63, 3.8) is 0 Å². The minimum atomic E-state index is -0.174. The lowest BCUT2D eigenvalue weighted by molar-refractivity contribution is 0.0652. The number of fused-ring (bicyclic) bond motifs is 1. The number of carbonyl (C=O) groups is 2. The molecule has 0 saturated heterocycles. The first-order valence-electron chi connectivity index (χ1n) is 10.1. The van der Waals surface area contributed by atoms with E-state index in [2.05, 4.69) is 21.9 Å². The molecule has 2 unspecified atom stereocenters. The first kappa shape index (κ1) is 24.0. The van der Waals surface area contributed by atoms with E-state index in [-0.39, 0.29) is 35.8 Å². The molecule has 160 valence electrons. The Kier molecular flexibility index (Phi) is 9.74. The van der Waals surface area contributed by atoms with Crippen molar-refractivity contribution >= 4 is 53.5 Å². The molecule has 0 aromatic heterocycles. The highest BCUT2D eigenvalue weighted by atomic mass is 127. The topological polar surface area (TPSA) is 73.8 Å². The second-order valence-electron chi connectivity index (χ2n) is 7.38. The molecule has 1 aliphatic heterocycles. The standard InChI is InChI=1S/C21H30N4O2S.HI/c1-22-21(24-15-8-7-9-16(14-15)28-2)23-12-5-6-13-25-19(26)17-10-3-4-11-18(17)20(25)27;/h3-4,10-11,15-16H,5-9,12-14H2,1-2H3,(H2,22,23,24);1H. The van der Waals surface area contributed by atoms with Gasteiger partial charge in [-0.15, -0.1) is 24.0 Å². The van der Waals surface area contributed by atoms with Crippen molar-refractivity contribution in [2.45, 2.75) is 49.8 Å². The summed E-state index contributed by atoms with van der Waals surface area (Å²) >= 11 is 1.96. The molecule has 1 aromatic rings. The SMILES string of the molecule is CN=C(NCCCCN1C(=O)c2ccccc2C1=O)NC1CCCC(SC)C1.I. The maximum atomic E-state index is 12.4. The van der Waals surface area contributed by atoms with Gasteiger partial charge in [-0.2, -0.15) is 11.8 Å². The van der Waals surface area contributed by atoms with Crippen molar-refractivity contribution < 1.29 is 9.59 Å². The number of halogens is 1. The molecule has 8 heteroatoms. The van der Waals surface area contributed by atoms with Gasteiger partial charge in [-0.25, -0.2) is 0 Å². The number of rotatable bonds is 7. The van der Waals surface area contributed by atoms with E-state index in [1.807, 2.05) is 11.8 Å². The van der Waals surface area contributed by atoms with Crippen LogP contribution in [0.1, 0.15) is 59.2 Å². The van der Waals surface area contributed by atoms with E-state index in [0.717, 1.165) is 30.6 Å². The van der Waals surface area contributed by atoms with Crippen LogP contribution in [0.25, 0.3) is 0 Å². The van der Waals surface area contributed by atoms with Gasteiger partial charge in [0, 0.05) is 31.4 Å². The molecule has 1 aromatic carbocycles. The smallest absolute Gasteiger partial charge is 0.261 e. The first-order chi connectivity index (χ1) is 13.6. The van der Waals surface area contributed by atoms with E-state index in [9.17, 15) is 9.59 Å². The lowest BCUT2D eigenvalue weighted by atomic mass is 9.95. The molecular formula is C21H31IN4O2S. The number of imide groups is 1. The predicted octanol–water partition coefficient (Wildman–Crippen LogP) is 3.52. The monoisotopic (exact) mass is 530 g/mol. The van der Waals surface area contributed by atoms with E-state index in [1.165, 1.54) is 30.6 Å². The lowest BCUT2D eigenvalue weighted by Gasteiger charge is -2.29. The third kappa shape index (κ3) is 6.10. The summed E-state index contributed by atoms with van der Waals surface area (Å²) in [5.74, 6) is 0.492. The van der Waals surface area contributed by atoms with Crippen LogP contribution in [0.4, 0.5) is 0 Å². The fraction of sp³-hybridized carbons (Fsp3) is 0.571. The van der Waals surface area contributed by atoms with Crippen LogP contribution in [-0.2, 0) is 0 Å². The normalized spacial score (nSPS) is 21.6.